The predicted octanol–water partition coefficient (Wildman–Crippen LogP) is 3.35. The normalized spacial score (nSPS) is 16.1. The largest absolute Gasteiger partial charge is 0.367 e. The molecule has 1 aliphatic rings. The fourth-order valence-electron chi connectivity index (χ4n) is 2.10. The maximum atomic E-state index is 8.75. The third kappa shape index (κ3) is 3.04. The first-order chi connectivity index (χ1) is 8.63. The zero-order chi connectivity index (χ0) is 13.1. The van der Waals surface area contributed by atoms with Crippen LogP contribution in [-0.2, 0) is 0 Å². The Morgan fingerprint density at radius 1 is 1.56 bits per heavy atom. The third-order valence-electron chi connectivity index (χ3n) is 3.26. The van der Waals surface area contributed by atoms with E-state index in [1.54, 1.807) is 0 Å². The van der Waals surface area contributed by atoms with Gasteiger partial charge in [0, 0.05) is 23.1 Å². The molecule has 0 unspecified atom stereocenters. The van der Waals surface area contributed by atoms with Gasteiger partial charge in [0.15, 0.2) is 0 Å². The first-order valence-electron chi connectivity index (χ1n) is 6.32. The minimum atomic E-state index is 0.0452. The Morgan fingerprint density at radius 3 is 2.78 bits per heavy atom. The van der Waals surface area contributed by atoms with Crippen molar-refractivity contribution in [3.05, 3.63) is 28.2 Å². The van der Waals surface area contributed by atoms with Crippen molar-refractivity contribution in [1.82, 2.24) is 0 Å². The van der Waals surface area contributed by atoms with Crippen LogP contribution in [0.15, 0.2) is 22.7 Å². The van der Waals surface area contributed by atoms with Gasteiger partial charge in [-0.1, -0.05) is 6.07 Å². The van der Waals surface area contributed by atoms with Gasteiger partial charge >= 0.3 is 0 Å². The average Bonchev–Trinajstić information content (AvgIpc) is 3.15. The summed E-state index contributed by atoms with van der Waals surface area (Å²) in [6.45, 7) is 2.78. The second-order valence-corrected chi connectivity index (χ2v) is 5.69. The summed E-state index contributed by atoms with van der Waals surface area (Å²) in [4.78, 5) is 2.33. The Hall–Kier alpha value is -1.05. The second kappa shape index (κ2) is 5.73. The van der Waals surface area contributed by atoms with Gasteiger partial charge in [-0.2, -0.15) is 5.26 Å². The van der Waals surface area contributed by atoms with Gasteiger partial charge in [-0.05, 0) is 53.4 Å². The summed E-state index contributed by atoms with van der Waals surface area (Å²) in [7, 11) is 0. The summed E-state index contributed by atoms with van der Waals surface area (Å²) in [5.74, 6) is 0. The standard InChI is InChI=1S/C14H18BrN3/c1-10(17)11-3-6-14(13(15)9-11)18(8-2-7-16)12-4-5-12/h3,6,9-10,12H,2,4-5,8,17H2,1H3/t10-/m1/s1. The molecule has 3 nitrogen and oxygen atoms in total. The number of hydrogen-bond donors (Lipinski definition) is 1. The highest BCUT2D eigenvalue weighted by molar-refractivity contribution is 9.10. The summed E-state index contributed by atoms with van der Waals surface area (Å²) < 4.78 is 1.07. The van der Waals surface area contributed by atoms with Crippen LogP contribution in [0.3, 0.4) is 0 Å². The quantitative estimate of drug-likeness (QED) is 0.907. The molecule has 4 heteroatoms. The number of nitriles is 1. The Balaban J connectivity index is 2.22. The van der Waals surface area contributed by atoms with Crippen molar-refractivity contribution in [1.29, 1.82) is 5.26 Å². The summed E-state index contributed by atoms with van der Waals surface area (Å²) >= 11 is 3.62. The molecule has 0 aromatic heterocycles. The van der Waals surface area contributed by atoms with E-state index in [2.05, 4.69) is 45.1 Å². The second-order valence-electron chi connectivity index (χ2n) is 4.83. The highest BCUT2D eigenvalue weighted by Crippen LogP contribution is 2.36. The van der Waals surface area contributed by atoms with Gasteiger partial charge in [0.1, 0.15) is 0 Å². The SMILES string of the molecule is C[C@@H](N)c1ccc(N(CCC#N)C2CC2)c(Br)c1. The van der Waals surface area contributed by atoms with E-state index in [1.165, 1.54) is 18.5 Å². The highest BCUT2D eigenvalue weighted by Gasteiger charge is 2.29. The molecule has 0 spiro atoms. The van der Waals surface area contributed by atoms with Gasteiger partial charge in [-0.15, -0.1) is 0 Å². The minimum Gasteiger partial charge on any atom is -0.367 e. The lowest BCUT2D eigenvalue weighted by atomic mass is 10.1. The lowest BCUT2D eigenvalue weighted by Gasteiger charge is -2.25. The van der Waals surface area contributed by atoms with E-state index in [4.69, 9.17) is 11.0 Å². The van der Waals surface area contributed by atoms with Crippen LogP contribution in [0.1, 0.15) is 37.8 Å². The maximum Gasteiger partial charge on any atom is 0.0640 e. The van der Waals surface area contributed by atoms with Crippen molar-refractivity contribution in [2.24, 2.45) is 5.73 Å². The number of hydrogen-bond acceptors (Lipinski definition) is 3. The molecule has 0 heterocycles. The number of anilines is 1. The molecule has 96 valence electrons. The zero-order valence-corrected chi connectivity index (χ0v) is 12.2. The van der Waals surface area contributed by atoms with Crippen molar-refractivity contribution in [2.45, 2.75) is 38.3 Å². The van der Waals surface area contributed by atoms with Crippen LogP contribution >= 0.6 is 15.9 Å². The average molecular weight is 308 g/mol. The van der Waals surface area contributed by atoms with Gasteiger partial charge in [-0.25, -0.2) is 0 Å². The molecular weight excluding hydrogens is 290 g/mol. The molecule has 1 aromatic rings. The molecule has 1 aromatic carbocycles. The number of rotatable bonds is 5. The fourth-order valence-corrected chi connectivity index (χ4v) is 2.72. The molecular formula is C14H18BrN3. The first kappa shape index (κ1) is 13.4. The molecule has 2 rings (SSSR count). The molecule has 0 radical (unpaired) electrons. The van der Waals surface area contributed by atoms with E-state index in [1.807, 2.05) is 6.92 Å². The number of benzene rings is 1. The number of nitrogens with two attached hydrogens (primary N) is 1. The topological polar surface area (TPSA) is 53.0 Å². The smallest absolute Gasteiger partial charge is 0.0640 e. The van der Waals surface area contributed by atoms with Gasteiger partial charge in [0.25, 0.3) is 0 Å². The Bertz CT molecular complexity index is 461. The molecule has 0 aliphatic heterocycles. The van der Waals surface area contributed by atoms with Crippen molar-refractivity contribution >= 4 is 21.6 Å². The monoisotopic (exact) mass is 307 g/mol. The van der Waals surface area contributed by atoms with Crippen LogP contribution in [0.25, 0.3) is 0 Å². The van der Waals surface area contributed by atoms with E-state index in [0.29, 0.717) is 12.5 Å². The Kier molecular flexibility index (Phi) is 4.26. The van der Waals surface area contributed by atoms with Crippen LogP contribution in [0.4, 0.5) is 5.69 Å². The summed E-state index contributed by atoms with van der Waals surface area (Å²) in [6.07, 6.45) is 3.03. The van der Waals surface area contributed by atoms with Gasteiger partial charge in [0.2, 0.25) is 0 Å². The zero-order valence-electron chi connectivity index (χ0n) is 10.6. The van der Waals surface area contributed by atoms with Crippen LogP contribution in [0.2, 0.25) is 0 Å². The fraction of sp³-hybridized carbons (Fsp3) is 0.500. The number of halogens is 1. The van der Waals surface area contributed by atoms with E-state index in [9.17, 15) is 0 Å². The molecule has 1 saturated carbocycles. The maximum absolute atomic E-state index is 8.75. The highest BCUT2D eigenvalue weighted by atomic mass is 79.9. The van der Waals surface area contributed by atoms with Crippen molar-refractivity contribution in [2.75, 3.05) is 11.4 Å². The summed E-state index contributed by atoms with van der Waals surface area (Å²) in [5, 5.41) is 8.75. The van der Waals surface area contributed by atoms with E-state index in [0.717, 1.165) is 16.6 Å². The van der Waals surface area contributed by atoms with E-state index < -0.39 is 0 Å². The van der Waals surface area contributed by atoms with Crippen molar-refractivity contribution in [3.63, 3.8) is 0 Å². The van der Waals surface area contributed by atoms with Crippen LogP contribution in [-0.4, -0.2) is 12.6 Å². The van der Waals surface area contributed by atoms with Crippen molar-refractivity contribution < 1.29 is 0 Å². The summed E-state index contributed by atoms with van der Waals surface area (Å²) in [6, 6.07) is 9.15. The molecule has 0 bridgehead atoms. The van der Waals surface area contributed by atoms with E-state index in [-0.39, 0.29) is 6.04 Å². The van der Waals surface area contributed by atoms with Gasteiger partial charge in [-0.3, -0.25) is 0 Å². The first-order valence-corrected chi connectivity index (χ1v) is 7.11. The molecule has 0 amide bonds. The van der Waals surface area contributed by atoms with Crippen LogP contribution in [0, 0.1) is 11.3 Å². The number of nitrogens with zero attached hydrogens (tertiary/aromatic N) is 2. The molecule has 0 saturated heterocycles. The molecule has 1 fully saturated rings. The van der Waals surface area contributed by atoms with Crippen molar-refractivity contribution in [3.8, 4) is 6.07 Å². The molecule has 2 N–H and O–H groups in total. The third-order valence-corrected chi connectivity index (χ3v) is 3.89. The lowest BCUT2D eigenvalue weighted by molar-refractivity contribution is 0.786. The Labute approximate surface area is 117 Å². The van der Waals surface area contributed by atoms with Gasteiger partial charge < -0.3 is 10.6 Å². The lowest BCUT2D eigenvalue weighted by Crippen LogP contribution is -2.27. The molecule has 1 atom stereocenters. The summed E-state index contributed by atoms with van der Waals surface area (Å²) in [5.41, 5.74) is 8.19. The van der Waals surface area contributed by atoms with Gasteiger partial charge in [0.05, 0.1) is 18.2 Å². The Morgan fingerprint density at radius 2 is 2.28 bits per heavy atom. The van der Waals surface area contributed by atoms with Crippen LogP contribution in [0.5, 0.6) is 0 Å². The molecule has 18 heavy (non-hydrogen) atoms. The minimum absolute atomic E-state index is 0.0452. The van der Waals surface area contributed by atoms with Crippen LogP contribution < -0.4 is 10.6 Å². The molecule has 1 aliphatic carbocycles. The van der Waals surface area contributed by atoms with E-state index >= 15 is 0 Å². The predicted molar refractivity (Wildman–Crippen MR) is 77.3 cm³/mol.